The number of carbonyl (C=O) groups excluding carboxylic acids is 1. The SMILES string of the molecule is CN1CCC(Cc2ccc(F)cc2)(C(=O)N2CCC[C@H](Cc3ccn[nH]3)C2)CC1. The van der Waals surface area contributed by atoms with Gasteiger partial charge in [0.05, 0.1) is 5.41 Å². The summed E-state index contributed by atoms with van der Waals surface area (Å²) in [6, 6.07) is 8.70. The Bertz CT molecular complexity index is 797. The molecule has 2 aliphatic heterocycles. The number of nitrogens with zero attached hydrogens (tertiary/aromatic N) is 3. The first-order chi connectivity index (χ1) is 14.0. The highest BCUT2D eigenvalue weighted by molar-refractivity contribution is 5.83. The van der Waals surface area contributed by atoms with Gasteiger partial charge in [0.15, 0.2) is 0 Å². The number of benzene rings is 1. The molecule has 1 N–H and O–H groups in total. The summed E-state index contributed by atoms with van der Waals surface area (Å²) in [6.45, 7) is 3.52. The highest BCUT2D eigenvalue weighted by Gasteiger charge is 2.44. The van der Waals surface area contributed by atoms with Gasteiger partial charge in [0.25, 0.3) is 0 Å². The highest BCUT2D eigenvalue weighted by atomic mass is 19.1. The van der Waals surface area contributed by atoms with Gasteiger partial charge in [-0.1, -0.05) is 12.1 Å². The van der Waals surface area contributed by atoms with Crippen LogP contribution in [-0.4, -0.2) is 59.1 Å². The van der Waals surface area contributed by atoms with Gasteiger partial charge in [-0.2, -0.15) is 5.10 Å². The van der Waals surface area contributed by atoms with Gasteiger partial charge in [-0.15, -0.1) is 0 Å². The summed E-state index contributed by atoms with van der Waals surface area (Å²) in [4.78, 5) is 18.2. The Morgan fingerprint density at radius 3 is 2.66 bits per heavy atom. The van der Waals surface area contributed by atoms with E-state index in [1.54, 1.807) is 6.20 Å². The highest BCUT2D eigenvalue weighted by Crippen LogP contribution is 2.38. The molecule has 2 aliphatic rings. The lowest BCUT2D eigenvalue weighted by molar-refractivity contribution is -0.147. The number of likely N-dealkylation sites (tertiary alicyclic amines) is 2. The number of amides is 1. The number of nitrogens with one attached hydrogen (secondary N) is 1. The third kappa shape index (κ3) is 4.69. The van der Waals surface area contributed by atoms with Crippen molar-refractivity contribution in [2.75, 3.05) is 33.2 Å². The fraction of sp³-hybridized carbons (Fsp3) is 0.565. The summed E-state index contributed by atoms with van der Waals surface area (Å²) in [5.41, 5.74) is 1.82. The second-order valence-electron chi connectivity index (χ2n) is 8.93. The summed E-state index contributed by atoms with van der Waals surface area (Å²) in [6.07, 6.45) is 7.35. The van der Waals surface area contributed by atoms with Crippen LogP contribution in [0.5, 0.6) is 0 Å². The van der Waals surface area contributed by atoms with Crippen molar-refractivity contribution >= 4 is 5.91 Å². The molecule has 156 valence electrons. The molecule has 6 heteroatoms. The molecule has 2 aromatic rings. The molecule has 1 aromatic heterocycles. The zero-order chi connectivity index (χ0) is 20.3. The van der Waals surface area contributed by atoms with Gasteiger partial charge in [-0.3, -0.25) is 9.89 Å². The lowest BCUT2D eigenvalue weighted by Crippen LogP contribution is -2.53. The Morgan fingerprint density at radius 1 is 1.21 bits per heavy atom. The Labute approximate surface area is 172 Å². The summed E-state index contributed by atoms with van der Waals surface area (Å²) < 4.78 is 13.4. The van der Waals surface area contributed by atoms with E-state index < -0.39 is 0 Å². The van der Waals surface area contributed by atoms with E-state index in [0.717, 1.165) is 69.5 Å². The number of piperidine rings is 2. The Balaban J connectivity index is 1.50. The lowest BCUT2D eigenvalue weighted by Gasteiger charge is -2.44. The average molecular weight is 399 g/mol. The van der Waals surface area contributed by atoms with Crippen LogP contribution in [0.1, 0.15) is 36.9 Å². The zero-order valence-electron chi connectivity index (χ0n) is 17.2. The van der Waals surface area contributed by atoms with Crippen LogP contribution in [0.15, 0.2) is 36.5 Å². The Morgan fingerprint density at radius 2 is 1.97 bits per heavy atom. The van der Waals surface area contributed by atoms with E-state index in [2.05, 4.69) is 27.0 Å². The minimum Gasteiger partial charge on any atom is -0.342 e. The lowest BCUT2D eigenvalue weighted by atomic mass is 9.72. The number of aromatic amines is 1. The maximum absolute atomic E-state index is 13.8. The van der Waals surface area contributed by atoms with Crippen molar-refractivity contribution in [2.24, 2.45) is 11.3 Å². The number of carbonyl (C=O) groups is 1. The standard InChI is InChI=1S/C23H31FN4O/c1-27-13-9-23(10-14-27,16-18-4-6-20(24)7-5-18)22(29)28-12-2-3-19(17-28)15-21-8-11-25-26-21/h4-8,11,19H,2-3,9-10,12-17H2,1H3,(H,25,26)/t19-/m1/s1. The van der Waals surface area contributed by atoms with Crippen LogP contribution in [0.3, 0.4) is 0 Å². The van der Waals surface area contributed by atoms with Gasteiger partial charge in [-0.05, 0) is 88.3 Å². The minimum atomic E-state index is -0.375. The summed E-state index contributed by atoms with van der Waals surface area (Å²) in [5.74, 6) is 0.543. The molecule has 29 heavy (non-hydrogen) atoms. The van der Waals surface area contributed by atoms with E-state index in [1.807, 2.05) is 18.2 Å². The van der Waals surface area contributed by atoms with Gasteiger partial charge >= 0.3 is 0 Å². The van der Waals surface area contributed by atoms with E-state index in [0.29, 0.717) is 18.2 Å². The maximum Gasteiger partial charge on any atom is 0.229 e. The summed E-state index contributed by atoms with van der Waals surface area (Å²) in [7, 11) is 2.12. The topological polar surface area (TPSA) is 52.2 Å². The van der Waals surface area contributed by atoms with Crippen LogP contribution in [0, 0.1) is 17.2 Å². The van der Waals surface area contributed by atoms with Crippen molar-refractivity contribution < 1.29 is 9.18 Å². The average Bonchev–Trinajstić information content (AvgIpc) is 3.24. The first kappa shape index (κ1) is 20.1. The molecule has 0 unspecified atom stereocenters. The number of hydrogen-bond acceptors (Lipinski definition) is 3. The summed E-state index contributed by atoms with van der Waals surface area (Å²) >= 11 is 0. The molecule has 0 bridgehead atoms. The van der Waals surface area contributed by atoms with Crippen LogP contribution < -0.4 is 0 Å². The molecule has 3 heterocycles. The Hall–Kier alpha value is -2.21. The van der Waals surface area contributed by atoms with Gasteiger partial charge in [0.1, 0.15) is 5.82 Å². The van der Waals surface area contributed by atoms with E-state index in [1.165, 1.54) is 12.1 Å². The first-order valence-electron chi connectivity index (χ1n) is 10.7. The van der Waals surface area contributed by atoms with Crippen molar-refractivity contribution in [2.45, 2.75) is 38.5 Å². The molecular weight excluding hydrogens is 367 g/mol. The monoisotopic (exact) mass is 398 g/mol. The van der Waals surface area contributed by atoms with Crippen LogP contribution in [0.2, 0.25) is 0 Å². The van der Waals surface area contributed by atoms with Crippen LogP contribution in [0.4, 0.5) is 4.39 Å². The number of halogens is 1. The largest absolute Gasteiger partial charge is 0.342 e. The first-order valence-corrected chi connectivity index (χ1v) is 10.7. The summed E-state index contributed by atoms with van der Waals surface area (Å²) in [5, 5.41) is 7.10. The van der Waals surface area contributed by atoms with Crippen LogP contribution in [-0.2, 0) is 17.6 Å². The minimum absolute atomic E-state index is 0.227. The van der Waals surface area contributed by atoms with Gasteiger partial charge in [0, 0.05) is 25.0 Å². The van der Waals surface area contributed by atoms with Crippen molar-refractivity contribution in [3.63, 3.8) is 0 Å². The third-order valence-corrected chi connectivity index (χ3v) is 6.73. The molecule has 0 spiro atoms. The predicted molar refractivity (Wildman–Crippen MR) is 111 cm³/mol. The van der Waals surface area contributed by atoms with E-state index >= 15 is 0 Å². The fourth-order valence-electron chi connectivity index (χ4n) is 4.97. The molecule has 4 rings (SSSR count). The molecule has 5 nitrogen and oxygen atoms in total. The van der Waals surface area contributed by atoms with E-state index in [9.17, 15) is 9.18 Å². The second kappa shape index (κ2) is 8.66. The van der Waals surface area contributed by atoms with Crippen molar-refractivity contribution in [1.29, 1.82) is 0 Å². The van der Waals surface area contributed by atoms with Crippen LogP contribution in [0.25, 0.3) is 0 Å². The van der Waals surface area contributed by atoms with Crippen LogP contribution >= 0.6 is 0 Å². The van der Waals surface area contributed by atoms with Crippen molar-refractivity contribution in [3.05, 3.63) is 53.6 Å². The molecule has 2 saturated heterocycles. The van der Waals surface area contributed by atoms with Gasteiger partial charge < -0.3 is 9.80 Å². The predicted octanol–water partition coefficient (Wildman–Crippen LogP) is 3.28. The van der Waals surface area contributed by atoms with Crippen molar-refractivity contribution in [3.8, 4) is 0 Å². The quantitative estimate of drug-likeness (QED) is 0.841. The normalized spacial score (nSPS) is 22.6. The third-order valence-electron chi connectivity index (χ3n) is 6.73. The number of rotatable bonds is 5. The van der Waals surface area contributed by atoms with Gasteiger partial charge in [-0.25, -0.2) is 4.39 Å². The number of hydrogen-bond donors (Lipinski definition) is 1. The molecule has 1 amide bonds. The molecule has 0 radical (unpaired) electrons. The molecule has 1 aromatic carbocycles. The fourth-order valence-corrected chi connectivity index (χ4v) is 4.97. The number of H-pyrrole nitrogens is 1. The smallest absolute Gasteiger partial charge is 0.229 e. The second-order valence-corrected chi connectivity index (χ2v) is 8.93. The van der Waals surface area contributed by atoms with Crippen molar-refractivity contribution in [1.82, 2.24) is 20.0 Å². The van der Waals surface area contributed by atoms with Gasteiger partial charge in [0.2, 0.25) is 5.91 Å². The molecule has 0 aliphatic carbocycles. The zero-order valence-corrected chi connectivity index (χ0v) is 17.2. The Kier molecular flexibility index (Phi) is 5.99. The van der Waals surface area contributed by atoms with E-state index in [4.69, 9.17) is 0 Å². The number of aromatic nitrogens is 2. The molecular formula is C23H31FN4O. The molecule has 2 fully saturated rings. The maximum atomic E-state index is 13.8. The molecule has 1 atom stereocenters. The van der Waals surface area contributed by atoms with E-state index in [-0.39, 0.29) is 11.2 Å². The molecule has 0 saturated carbocycles.